The Morgan fingerprint density at radius 2 is 1.54 bits per heavy atom. The summed E-state index contributed by atoms with van der Waals surface area (Å²) in [5.74, 6) is 0. The Balaban J connectivity index is 1.66. The molecule has 3 rings (SSSR count). The summed E-state index contributed by atoms with van der Waals surface area (Å²) in [5.41, 5.74) is 2.04. The first kappa shape index (κ1) is 18.1. The largest absolute Gasteiger partial charge is 0.296 e. The van der Waals surface area contributed by atoms with Gasteiger partial charge in [-0.3, -0.25) is 4.90 Å². The van der Waals surface area contributed by atoms with Gasteiger partial charge in [-0.15, -0.1) is 0 Å². The molecule has 0 spiro atoms. The average Bonchev–Trinajstić information content (AvgIpc) is 2.69. The number of rotatable bonds is 4. The molecule has 2 aromatic carbocycles. The summed E-state index contributed by atoms with van der Waals surface area (Å²) in [6.07, 6.45) is 0. The Morgan fingerprint density at radius 3 is 2.15 bits per heavy atom. The van der Waals surface area contributed by atoms with Crippen molar-refractivity contribution in [2.24, 2.45) is 0 Å². The lowest BCUT2D eigenvalue weighted by atomic mass is 10.1. The molecule has 0 atom stereocenters. The predicted octanol–water partition coefficient (Wildman–Crippen LogP) is 1.94. The fourth-order valence-electron chi connectivity index (χ4n) is 2.99. The number of nitriles is 2. The predicted molar refractivity (Wildman–Crippen MR) is 96.3 cm³/mol. The molecule has 0 aromatic heterocycles. The summed E-state index contributed by atoms with van der Waals surface area (Å²) in [6.45, 7) is 2.65. The molecule has 1 aliphatic heterocycles. The van der Waals surface area contributed by atoms with E-state index < -0.39 is 10.0 Å². The number of piperazine rings is 1. The Labute approximate surface area is 153 Å². The zero-order valence-corrected chi connectivity index (χ0v) is 15.0. The molecule has 0 N–H and O–H groups in total. The van der Waals surface area contributed by atoms with Crippen molar-refractivity contribution in [3.8, 4) is 12.1 Å². The Bertz CT molecular complexity index is 964. The maximum absolute atomic E-state index is 12.7. The van der Waals surface area contributed by atoms with Crippen molar-refractivity contribution in [1.82, 2.24) is 9.21 Å². The van der Waals surface area contributed by atoms with E-state index in [4.69, 9.17) is 5.26 Å². The second-order valence-electron chi connectivity index (χ2n) is 6.09. The third-order valence-corrected chi connectivity index (χ3v) is 6.40. The molecule has 0 bridgehead atoms. The van der Waals surface area contributed by atoms with Crippen LogP contribution in [0, 0.1) is 22.7 Å². The van der Waals surface area contributed by atoms with Crippen molar-refractivity contribution in [2.75, 3.05) is 26.2 Å². The zero-order valence-electron chi connectivity index (χ0n) is 14.2. The van der Waals surface area contributed by atoms with Crippen molar-refractivity contribution in [3.05, 3.63) is 65.2 Å². The van der Waals surface area contributed by atoms with E-state index in [-0.39, 0.29) is 4.90 Å². The van der Waals surface area contributed by atoms with Crippen LogP contribution in [-0.4, -0.2) is 43.8 Å². The lowest BCUT2D eigenvalue weighted by Crippen LogP contribution is -2.48. The molecule has 26 heavy (non-hydrogen) atoms. The number of hydrogen-bond donors (Lipinski definition) is 0. The normalized spacial score (nSPS) is 15.9. The van der Waals surface area contributed by atoms with Gasteiger partial charge < -0.3 is 0 Å². The summed E-state index contributed by atoms with van der Waals surface area (Å²) >= 11 is 0. The van der Waals surface area contributed by atoms with Gasteiger partial charge in [-0.2, -0.15) is 14.8 Å². The van der Waals surface area contributed by atoms with Gasteiger partial charge in [0.2, 0.25) is 10.0 Å². The first-order valence-electron chi connectivity index (χ1n) is 8.25. The SMILES string of the molecule is N#Cc1ccc(S(=O)(=O)N2CCN(Cc3ccccc3C#N)CC2)cc1. The molecular formula is C19H18N4O2S. The summed E-state index contributed by atoms with van der Waals surface area (Å²) in [6, 6.07) is 17.6. The third kappa shape index (κ3) is 3.76. The molecule has 0 radical (unpaired) electrons. The molecule has 1 aliphatic rings. The number of sulfonamides is 1. The van der Waals surface area contributed by atoms with E-state index in [1.54, 1.807) is 6.07 Å². The highest BCUT2D eigenvalue weighted by molar-refractivity contribution is 7.89. The van der Waals surface area contributed by atoms with Crippen molar-refractivity contribution in [1.29, 1.82) is 10.5 Å². The topological polar surface area (TPSA) is 88.2 Å². The number of nitrogens with zero attached hydrogens (tertiary/aromatic N) is 4. The van der Waals surface area contributed by atoms with E-state index in [1.165, 1.54) is 28.6 Å². The van der Waals surface area contributed by atoms with E-state index >= 15 is 0 Å². The fourth-order valence-corrected chi connectivity index (χ4v) is 4.41. The Hall–Kier alpha value is -2.71. The van der Waals surface area contributed by atoms with E-state index in [2.05, 4.69) is 11.0 Å². The second kappa shape index (κ2) is 7.67. The molecule has 7 heteroatoms. The van der Waals surface area contributed by atoms with Gasteiger partial charge in [0.15, 0.2) is 0 Å². The number of hydrogen-bond acceptors (Lipinski definition) is 5. The molecular weight excluding hydrogens is 348 g/mol. The van der Waals surface area contributed by atoms with Gasteiger partial charge in [0, 0.05) is 32.7 Å². The van der Waals surface area contributed by atoms with E-state index in [0.29, 0.717) is 43.9 Å². The summed E-state index contributed by atoms with van der Waals surface area (Å²) in [7, 11) is -3.55. The third-order valence-electron chi connectivity index (χ3n) is 4.48. The Morgan fingerprint density at radius 1 is 0.885 bits per heavy atom. The molecule has 0 unspecified atom stereocenters. The first-order chi connectivity index (χ1) is 12.5. The monoisotopic (exact) mass is 366 g/mol. The van der Waals surface area contributed by atoms with Crippen molar-refractivity contribution in [2.45, 2.75) is 11.4 Å². The van der Waals surface area contributed by atoms with E-state index in [9.17, 15) is 13.7 Å². The zero-order chi connectivity index (χ0) is 18.6. The standard InChI is InChI=1S/C19H18N4O2S/c20-13-16-5-7-19(8-6-16)26(24,25)23-11-9-22(10-12-23)15-18-4-2-1-3-17(18)14-21/h1-8H,9-12,15H2. The maximum Gasteiger partial charge on any atom is 0.243 e. The van der Waals surface area contributed by atoms with Crippen LogP contribution in [0.3, 0.4) is 0 Å². The number of benzene rings is 2. The van der Waals surface area contributed by atoms with Crippen LogP contribution in [0.1, 0.15) is 16.7 Å². The minimum Gasteiger partial charge on any atom is -0.296 e. The average molecular weight is 366 g/mol. The summed E-state index contributed by atoms with van der Waals surface area (Å²) in [5, 5.41) is 18.0. The van der Waals surface area contributed by atoms with Crippen LogP contribution in [0.15, 0.2) is 53.4 Å². The van der Waals surface area contributed by atoms with Crippen molar-refractivity contribution < 1.29 is 8.42 Å². The van der Waals surface area contributed by atoms with Gasteiger partial charge >= 0.3 is 0 Å². The van der Waals surface area contributed by atoms with E-state index in [1.807, 2.05) is 24.3 Å². The minimum atomic E-state index is -3.55. The van der Waals surface area contributed by atoms with Gasteiger partial charge in [0.05, 0.1) is 28.2 Å². The molecule has 0 saturated carbocycles. The van der Waals surface area contributed by atoms with E-state index in [0.717, 1.165) is 5.56 Å². The van der Waals surface area contributed by atoms with Crippen LogP contribution in [0.4, 0.5) is 0 Å². The molecule has 0 amide bonds. The second-order valence-corrected chi connectivity index (χ2v) is 8.02. The highest BCUT2D eigenvalue weighted by Gasteiger charge is 2.28. The summed E-state index contributed by atoms with van der Waals surface area (Å²) < 4.78 is 26.9. The van der Waals surface area contributed by atoms with Gasteiger partial charge in [-0.1, -0.05) is 18.2 Å². The quantitative estimate of drug-likeness (QED) is 0.825. The highest BCUT2D eigenvalue weighted by Crippen LogP contribution is 2.19. The van der Waals surface area contributed by atoms with Crippen LogP contribution < -0.4 is 0 Å². The molecule has 0 aliphatic carbocycles. The molecule has 2 aromatic rings. The minimum absolute atomic E-state index is 0.208. The Kier molecular flexibility index (Phi) is 5.34. The fraction of sp³-hybridized carbons (Fsp3) is 0.263. The molecule has 6 nitrogen and oxygen atoms in total. The van der Waals surface area contributed by atoms with Crippen molar-refractivity contribution in [3.63, 3.8) is 0 Å². The van der Waals surface area contributed by atoms with Crippen LogP contribution in [0.2, 0.25) is 0 Å². The molecule has 132 valence electrons. The maximum atomic E-state index is 12.7. The van der Waals surface area contributed by atoms with Crippen LogP contribution >= 0.6 is 0 Å². The van der Waals surface area contributed by atoms with Gasteiger partial charge in [-0.25, -0.2) is 8.42 Å². The molecule has 1 saturated heterocycles. The van der Waals surface area contributed by atoms with Gasteiger partial charge in [0.25, 0.3) is 0 Å². The van der Waals surface area contributed by atoms with Crippen LogP contribution in [0.25, 0.3) is 0 Å². The van der Waals surface area contributed by atoms with Gasteiger partial charge in [0.1, 0.15) is 0 Å². The summed E-state index contributed by atoms with van der Waals surface area (Å²) in [4.78, 5) is 2.36. The van der Waals surface area contributed by atoms with Crippen LogP contribution in [0.5, 0.6) is 0 Å². The molecule has 1 fully saturated rings. The van der Waals surface area contributed by atoms with Gasteiger partial charge in [-0.05, 0) is 35.9 Å². The lowest BCUT2D eigenvalue weighted by molar-refractivity contribution is 0.181. The lowest BCUT2D eigenvalue weighted by Gasteiger charge is -2.34. The highest BCUT2D eigenvalue weighted by atomic mass is 32.2. The van der Waals surface area contributed by atoms with Crippen LogP contribution in [-0.2, 0) is 16.6 Å². The smallest absolute Gasteiger partial charge is 0.243 e. The van der Waals surface area contributed by atoms with Crippen molar-refractivity contribution >= 4 is 10.0 Å². The first-order valence-corrected chi connectivity index (χ1v) is 9.69. The molecule has 1 heterocycles.